The zero-order valence-corrected chi connectivity index (χ0v) is 14.9. The second-order valence-corrected chi connectivity index (χ2v) is 6.24. The average molecular weight is 364 g/mol. The number of hydrogen-bond acceptors (Lipinski definition) is 5. The van der Waals surface area contributed by atoms with Crippen molar-refractivity contribution in [2.75, 3.05) is 13.7 Å². The van der Waals surface area contributed by atoms with Gasteiger partial charge in [0.25, 0.3) is 5.56 Å². The Morgan fingerprint density at radius 3 is 2.96 bits per heavy atom. The summed E-state index contributed by atoms with van der Waals surface area (Å²) >= 11 is 0. The van der Waals surface area contributed by atoms with E-state index in [2.05, 4.69) is 10.2 Å². The normalized spacial score (nSPS) is 11.8. The molecule has 138 valence electrons. The topological polar surface area (TPSA) is 99.1 Å². The van der Waals surface area contributed by atoms with Crippen molar-refractivity contribution in [3.05, 3.63) is 59.1 Å². The molecule has 4 aromatic rings. The fraction of sp³-hybridized carbons (Fsp3) is 0.200. The van der Waals surface area contributed by atoms with Gasteiger partial charge in [0, 0.05) is 17.5 Å². The largest absolute Gasteiger partial charge is 0.504 e. The van der Waals surface area contributed by atoms with Crippen molar-refractivity contribution in [2.45, 2.75) is 13.0 Å². The minimum atomic E-state index is -0.0912. The Kier molecular flexibility index (Phi) is 4.52. The third kappa shape index (κ3) is 2.92. The van der Waals surface area contributed by atoms with Crippen molar-refractivity contribution < 1.29 is 9.15 Å². The molecule has 7 nitrogen and oxygen atoms in total. The molecule has 3 N–H and O–H groups in total. The van der Waals surface area contributed by atoms with E-state index in [1.54, 1.807) is 30.3 Å². The molecule has 0 radical (unpaired) electrons. The maximum Gasteiger partial charge on any atom is 0.262 e. The highest BCUT2D eigenvalue weighted by Gasteiger charge is 2.17. The van der Waals surface area contributed by atoms with Gasteiger partial charge >= 0.3 is 0 Å². The van der Waals surface area contributed by atoms with Crippen molar-refractivity contribution in [3.8, 4) is 11.1 Å². The van der Waals surface area contributed by atoms with Gasteiger partial charge in [-0.05, 0) is 42.8 Å². The molecule has 0 aliphatic carbocycles. The fourth-order valence-electron chi connectivity index (χ4n) is 3.31. The van der Waals surface area contributed by atoms with Gasteiger partial charge in [0.15, 0.2) is 0 Å². The van der Waals surface area contributed by atoms with Gasteiger partial charge < -0.3 is 19.5 Å². The lowest BCUT2D eigenvalue weighted by molar-refractivity contribution is 0.341. The maximum atomic E-state index is 13.2. The Morgan fingerprint density at radius 2 is 2.22 bits per heavy atom. The number of rotatable bonds is 6. The Labute approximate surface area is 155 Å². The van der Waals surface area contributed by atoms with Crippen LogP contribution in [0.4, 0.5) is 0 Å². The van der Waals surface area contributed by atoms with E-state index in [1.807, 2.05) is 24.3 Å². The van der Waals surface area contributed by atoms with Crippen LogP contribution in [-0.4, -0.2) is 28.4 Å². The van der Waals surface area contributed by atoms with Crippen LogP contribution in [0, 0.1) is 0 Å². The summed E-state index contributed by atoms with van der Waals surface area (Å²) in [7, 11) is 1.56. The minimum absolute atomic E-state index is 0.0912. The highest BCUT2D eigenvalue weighted by Crippen LogP contribution is 2.29. The van der Waals surface area contributed by atoms with Gasteiger partial charge in [-0.3, -0.25) is 9.89 Å². The zero-order valence-electron chi connectivity index (χ0n) is 14.9. The molecule has 0 bridgehead atoms. The average Bonchev–Trinajstić information content (AvgIpc) is 3.36. The molecule has 3 heterocycles. The number of furan rings is 1. The number of nitrogens with two attached hydrogens (primary N) is 1. The summed E-state index contributed by atoms with van der Waals surface area (Å²) in [5, 5.41) is 8.79. The van der Waals surface area contributed by atoms with Gasteiger partial charge in [-0.2, -0.15) is 5.10 Å². The molecular weight excluding hydrogens is 344 g/mol. The Balaban J connectivity index is 2.05. The van der Waals surface area contributed by atoms with Crippen LogP contribution in [0.15, 0.2) is 52.3 Å². The standard InChI is InChI=1S/C20H20N4O3/c1-26-9-6-16-18-19(23-22-16)15-11-13(14-5-10-27-12-14)3-4-17(15)24(20(18)25)8-2-7-21/h3-6,9-12H,2,7-8,21H2,1H3,(H,22,23)/b9-6+. The van der Waals surface area contributed by atoms with Crippen LogP contribution in [0.5, 0.6) is 0 Å². The number of ether oxygens (including phenoxy) is 1. The Bertz CT molecular complexity index is 1170. The van der Waals surface area contributed by atoms with Gasteiger partial charge in [-0.1, -0.05) is 6.07 Å². The van der Waals surface area contributed by atoms with E-state index in [0.29, 0.717) is 36.1 Å². The van der Waals surface area contributed by atoms with Crippen molar-refractivity contribution in [1.29, 1.82) is 0 Å². The number of aromatic amines is 1. The number of benzene rings is 1. The number of nitrogens with zero attached hydrogens (tertiary/aromatic N) is 2. The molecule has 0 aliphatic rings. The van der Waals surface area contributed by atoms with Crippen molar-refractivity contribution in [3.63, 3.8) is 0 Å². The van der Waals surface area contributed by atoms with Gasteiger partial charge in [0.05, 0.1) is 42.5 Å². The number of H-pyrrole nitrogens is 1. The molecular formula is C20H20N4O3. The summed E-state index contributed by atoms with van der Waals surface area (Å²) in [4.78, 5) is 13.2. The minimum Gasteiger partial charge on any atom is -0.504 e. The van der Waals surface area contributed by atoms with E-state index >= 15 is 0 Å². The number of fused-ring (bicyclic) bond motifs is 3. The zero-order chi connectivity index (χ0) is 18.8. The van der Waals surface area contributed by atoms with Crippen LogP contribution in [0.1, 0.15) is 12.1 Å². The van der Waals surface area contributed by atoms with Crippen LogP contribution in [-0.2, 0) is 11.3 Å². The highest BCUT2D eigenvalue weighted by atomic mass is 16.5. The number of pyridine rings is 1. The third-order valence-corrected chi connectivity index (χ3v) is 4.61. The summed E-state index contributed by atoms with van der Waals surface area (Å²) in [5.74, 6) is 0. The lowest BCUT2D eigenvalue weighted by Crippen LogP contribution is -2.22. The lowest BCUT2D eigenvalue weighted by atomic mass is 10.0. The molecule has 0 spiro atoms. The quantitative estimate of drug-likeness (QED) is 0.512. The monoisotopic (exact) mass is 364 g/mol. The molecule has 0 saturated carbocycles. The molecule has 0 fully saturated rings. The van der Waals surface area contributed by atoms with E-state index in [0.717, 1.165) is 22.0 Å². The van der Waals surface area contributed by atoms with Gasteiger partial charge in [0.2, 0.25) is 0 Å². The molecule has 0 aliphatic heterocycles. The van der Waals surface area contributed by atoms with E-state index in [4.69, 9.17) is 14.9 Å². The summed E-state index contributed by atoms with van der Waals surface area (Å²) < 4.78 is 12.0. The van der Waals surface area contributed by atoms with E-state index in [9.17, 15) is 4.79 Å². The maximum absolute atomic E-state index is 13.2. The van der Waals surface area contributed by atoms with E-state index in [1.165, 1.54) is 6.26 Å². The summed E-state index contributed by atoms with van der Waals surface area (Å²) in [6.07, 6.45) is 7.27. The first-order chi connectivity index (χ1) is 13.2. The smallest absolute Gasteiger partial charge is 0.262 e. The van der Waals surface area contributed by atoms with Gasteiger partial charge in [-0.25, -0.2) is 0 Å². The summed E-state index contributed by atoms with van der Waals surface area (Å²) in [5.41, 5.74) is 9.65. The Morgan fingerprint density at radius 1 is 1.33 bits per heavy atom. The predicted molar refractivity (Wildman–Crippen MR) is 105 cm³/mol. The third-order valence-electron chi connectivity index (χ3n) is 4.61. The van der Waals surface area contributed by atoms with Crippen molar-refractivity contribution in [2.24, 2.45) is 5.73 Å². The SMILES string of the molecule is CO/C=C/c1[nH]nc2c1c(=O)n(CCCN)c1ccc(-c3ccoc3)cc21. The van der Waals surface area contributed by atoms with Crippen LogP contribution in [0.3, 0.4) is 0 Å². The number of nitrogens with one attached hydrogen (secondary N) is 1. The number of aryl methyl sites for hydroxylation is 1. The molecule has 0 atom stereocenters. The summed E-state index contributed by atoms with van der Waals surface area (Å²) in [6, 6.07) is 7.87. The number of methoxy groups -OCH3 is 1. The van der Waals surface area contributed by atoms with Gasteiger partial charge in [-0.15, -0.1) is 0 Å². The predicted octanol–water partition coefficient (Wildman–Crippen LogP) is 3.10. The Hall–Kier alpha value is -3.32. The van der Waals surface area contributed by atoms with Crippen LogP contribution in [0.2, 0.25) is 0 Å². The van der Waals surface area contributed by atoms with Crippen molar-refractivity contribution >= 4 is 27.9 Å². The first kappa shape index (κ1) is 17.1. The van der Waals surface area contributed by atoms with Crippen molar-refractivity contribution in [1.82, 2.24) is 14.8 Å². The molecule has 0 unspecified atom stereocenters. The van der Waals surface area contributed by atoms with Crippen LogP contribution >= 0.6 is 0 Å². The molecule has 0 saturated heterocycles. The number of aromatic nitrogens is 3. The first-order valence-electron chi connectivity index (χ1n) is 8.71. The highest BCUT2D eigenvalue weighted by molar-refractivity contribution is 6.06. The van der Waals surface area contributed by atoms with E-state index in [-0.39, 0.29) is 5.56 Å². The molecule has 7 heteroatoms. The molecule has 0 amide bonds. The second kappa shape index (κ2) is 7.13. The lowest BCUT2D eigenvalue weighted by Gasteiger charge is -2.12. The van der Waals surface area contributed by atoms with E-state index < -0.39 is 0 Å². The van der Waals surface area contributed by atoms with Gasteiger partial charge in [0.1, 0.15) is 5.52 Å². The molecule has 27 heavy (non-hydrogen) atoms. The first-order valence-corrected chi connectivity index (χ1v) is 8.71. The fourth-order valence-corrected chi connectivity index (χ4v) is 3.31. The molecule has 4 rings (SSSR count). The summed E-state index contributed by atoms with van der Waals surface area (Å²) in [6.45, 7) is 1.06. The van der Waals surface area contributed by atoms with Crippen LogP contribution < -0.4 is 11.3 Å². The number of hydrogen-bond donors (Lipinski definition) is 2. The second-order valence-electron chi connectivity index (χ2n) is 6.24. The molecule has 3 aromatic heterocycles. The van der Waals surface area contributed by atoms with Crippen LogP contribution in [0.25, 0.3) is 39.0 Å². The molecule has 1 aromatic carbocycles.